The maximum atomic E-state index is 14.2. The summed E-state index contributed by atoms with van der Waals surface area (Å²) >= 11 is 0. The molecule has 0 aromatic rings. The number of hydrogen-bond acceptors (Lipinski definition) is 7. The smallest absolute Gasteiger partial charge is 0.308 e. The van der Waals surface area contributed by atoms with E-state index >= 15 is 0 Å². The first-order valence-electron chi connectivity index (χ1n) is 15.2. The molecule has 1 heterocycles. The number of ether oxygens (including phenoxy) is 3. The Hall–Kier alpha value is -1.83. The Balaban J connectivity index is 1.35. The van der Waals surface area contributed by atoms with E-state index in [4.69, 9.17) is 14.2 Å². The topological polar surface area (TPSA) is 99.1 Å². The molecular weight excluding hydrogens is 496 g/mol. The first-order chi connectivity index (χ1) is 18.5. The van der Waals surface area contributed by atoms with Crippen LogP contribution in [0.15, 0.2) is 23.8 Å². The van der Waals surface area contributed by atoms with Crippen molar-refractivity contribution in [2.45, 2.75) is 110 Å². The van der Waals surface area contributed by atoms with Gasteiger partial charge in [0.1, 0.15) is 0 Å². The molecule has 6 aliphatic rings. The Kier molecular flexibility index (Phi) is 6.75. The van der Waals surface area contributed by atoms with Crippen LogP contribution in [0, 0.1) is 40.4 Å². The number of fused-ring (bicyclic) bond motifs is 7. The highest BCUT2D eigenvalue weighted by Crippen LogP contribution is 2.70. The summed E-state index contributed by atoms with van der Waals surface area (Å²) in [6, 6.07) is 0. The summed E-state index contributed by atoms with van der Waals surface area (Å²) in [4.78, 5) is 38.7. The summed E-state index contributed by atoms with van der Waals surface area (Å²) in [7, 11) is 0. The summed E-state index contributed by atoms with van der Waals surface area (Å²) in [5, 5.41) is 11.9. The molecular formula is C32H44O7. The van der Waals surface area contributed by atoms with Crippen molar-refractivity contribution in [3.05, 3.63) is 23.8 Å². The third-order valence-electron chi connectivity index (χ3n) is 11.5. The van der Waals surface area contributed by atoms with Gasteiger partial charge in [-0.1, -0.05) is 58.6 Å². The molecule has 0 aromatic carbocycles. The van der Waals surface area contributed by atoms with Gasteiger partial charge in [0.15, 0.2) is 24.3 Å². The molecule has 1 aliphatic heterocycles. The van der Waals surface area contributed by atoms with Crippen molar-refractivity contribution in [1.29, 1.82) is 0 Å². The number of esters is 1. The number of rotatable bonds is 5. The molecule has 9 atom stereocenters. The molecule has 5 aliphatic carbocycles. The van der Waals surface area contributed by atoms with Gasteiger partial charge in [0.25, 0.3) is 0 Å². The fourth-order valence-corrected chi connectivity index (χ4v) is 9.62. The lowest BCUT2D eigenvalue weighted by molar-refractivity contribution is -0.210. The van der Waals surface area contributed by atoms with Crippen LogP contribution in [0.4, 0.5) is 0 Å². The maximum Gasteiger partial charge on any atom is 0.308 e. The van der Waals surface area contributed by atoms with Crippen molar-refractivity contribution in [3.63, 3.8) is 0 Å². The molecule has 7 nitrogen and oxygen atoms in total. The van der Waals surface area contributed by atoms with Gasteiger partial charge >= 0.3 is 5.97 Å². The minimum Gasteiger partial charge on any atom is -0.457 e. The molecule has 4 saturated carbocycles. The largest absolute Gasteiger partial charge is 0.457 e. The zero-order valence-electron chi connectivity index (χ0n) is 23.8. The number of carbonyl (C=O) groups is 3. The number of allylic oxidation sites excluding steroid dienone is 4. The van der Waals surface area contributed by atoms with E-state index in [1.807, 2.05) is 6.08 Å². The van der Waals surface area contributed by atoms with Gasteiger partial charge < -0.3 is 19.3 Å². The highest BCUT2D eigenvalue weighted by atomic mass is 16.7. The molecule has 39 heavy (non-hydrogen) atoms. The molecule has 5 unspecified atom stereocenters. The number of aliphatic hydroxyl groups is 1. The first-order valence-corrected chi connectivity index (χ1v) is 15.2. The zero-order chi connectivity index (χ0) is 27.7. The van der Waals surface area contributed by atoms with Gasteiger partial charge in [0.2, 0.25) is 5.78 Å². The summed E-state index contributed by atoms with van der Waals surface area (Å²) in [6.07, 6.45) is 12.2. The molecule has 0 amide bonds. The lowest BCUT2D eigenvalue weighted by Gasteiger charge is -2.59. The molecule has 0 aromatic heterocycles. The van der Waals surface area contributed by atoms with Crippen LogP contribution in [0.25, 0.3) is 0 Å². The van der Waals surface area contributed by atoms with Crippen LogP contribution in [0.1, 0.15) is 85.5 Å². The van der Waals surface area contributed by atoms with Crippen molar-refractivity contribution < 1.29 is 33.7 Å². The zero-order valence-corrected chi connectivity index (χ0v) is 23.8. The maximum absolute atomic E-state index is 14.2. The average molecular weight is 541 g/mol. The normalized spacial score (nSPS) is 45.3. The van der Waals surface area contributed by atoms with Crippen LogP contribution in [-0.4, -0.2) is 53.3 Å². The molecule has 5 fully saturated rings. The van der Waals surface area contributed by atoms with Gasteiger partial charge in [0, 0.05) is 22.7 Å². The predicted octanol–water partition coefficient (Wildman–Crippen LogP) is 4.70. The van der Waals surface area contributed by atoms with Crippen LogP contribution < -0.4 is 0 Å². The minimum absolute atomic E-state index is 0.0162. The fraction of sp³-hybridized carbons (Fsp3) is 0.781. The molecule has 7 heteroatoms. The van der Waals surface area contributed by atoms with Crippen molar-refractivity contribution in [1.82, 2.24) is 0 Å². The second kappa shape index (κ2) is 9.63. The minimum atomic E-state index is -1.25. The molecule has 1 N–H and O–H groups in total. The molecule has 0 spiro atoms. The van der Waals surface area contributed by atoms with Crippen molar-refractivity contribution in [3.8, 4) is 0 Å². The van der Waals surface area contributed by atoms with E-state index in [-0.39, 0.29) is 53.2 Å². The van der Waals surface area contributed by atoms with Gasteiger partial charge in [-0.05, 0) is 62.5 Å². The monoisotopic (exact) mass is 540 g/mol. The first kappa shape index (κ1) is 27.3. The Morgan fingerprint density at radius 3 is 2.62 bits per heavy atom. The van der Waals surface area contributed by atoms with Crippen LogP contribution >= 0.6 is 0 Å². The molecule has 0 radical (unpaired) electrons. The third kappa shape index (κ3) is 3.97. The van der Waals surface area contributed by atoms with E-state index in [1.54, 1.807) is 26.0 Å². The Morgan fingerprint density at radius 1 is 1.15 bits per heavy atom. The molecule has 0 bridgehead atoms. The van der Waals surface area contributed by atoms with Gasteiger partial charge in [-0.3, -0.25) is 14.4 Å². The quantitative estimate of drug-likeness (QED) is 0.505. The number of carbonyl (C=O) groups excluding carboxylic acids is 3. The van der Waals surface area contributed by atoms with E-state index in [1.165, 1.54) is 6.42 Å². The van der Waals surface area contributed by atoms with Gasteiger partial charge in [-0.15, -0.1) is 0 Å². The van der Waals surface area contributed by atoms with Gasteiger partial charge in [-0.2, -0.15) is 0 Å². The second-order valence-electron chi connectivity index (χ2n) is 13.9. The lowest BCUT2D eigenvalue weighted by Crippen LogP contribution is -2.63. The predicted molar refractivity (Wildman–Crippen MR) is 143 cm³/mol. The Labute approximate surface area is 231 Å². The van der Waals surface area contributed by atoms with E-state index in [2.05, 4.69) is 13.8 Å². The highest BCUT2D eigenvalue weighted by Gasteiger charge is 2.76. The fourth-order valence-electron chi connectivity index (χ4n) is 9.62. The van der Waals surface area contributed by atoms with E-state index in [0.717, 1.165) is 44.1 Å². The molecule has 1 saturated heterocycles. The van der Waals surface area contributed by atoms with Crippen molar-refractivity contribution in [2.75, 3.05) is 6.61 Å². The van der Waals surface area contributed by atoms with Crippen LogP contribution in [-0.2, 0) is 28.6 Å². The SMILES string of the molecule is CC(C)C(=O)OCC(=O)[C@@]12O[C@H](C3CCCCC3)OC1CC1C3CCC4=CC(=O)C=C[C@]4(C)C3C(O)C[C@@]12C. The van der Waals surface area contributed by atoms with Crippen molar-refractivity contribution >= 4 is 17.5 Å². The van der Waals surface area contributed by atoms with Crippen LogP contribution in [0.2, 0.25) is 0 Å². The van der Waals surface area contributed by atoms with E-state index in [0.29, 0.717) is 12.8 Å². The van der Waals surface area contributed by atoms with E-state index < -0.39 is 35.5 Å². The van der Waals surface area contributed by atoms with Crippen LogP contribution in [0.3, 0.4) is 0 Å². The van der Waals surface area contributed by atoms with Crippen LogP contribution in [0.5, 0.6) is 0 Å². The van der Waals surface area contributed by atoms with Gasteiger partial charge in [-0.25, -0.2) is 0 Å². The third-order valence-corrected chi connectivity index (χ3v) is 11.5. The van der Waals surface area contributed by atoms with Crippen molar-refractivity contribution in [2.24, 2.45) is 40.4 Å². The lowest BCUT2D eigenvalue weighted by atomic mass is 9.46. The highest BCUT2D eigenvalue weighted by molar-refractivity contribution is 6.01. The van der Waals surface area contributed by atoms with E-state index in [9.17, 15) is 19.5 Å². The second-order valence-corrected chi connectivity index (χ2v) is 13.9. The number of ketones is 2. The average Bonchev–Trinajstić information content (AvgIpc) is 3.41. The summed E-state index contributed by atoms with van der Waals surface area (Å²) in [6.45, 7) is 7.44. The summed E-state index contributed by atoms with van der Waals surface area (Å²) < 4.78 is 19.0. The standard InChI is InChI=1S/C32H44O7/c1-18(2)28(36)37-17-25(35)32-26(38-29(39-32)19-8-6-5-7-9-19)15-23-22-11-10-20-14-21(33)12-13-30(20,3)27(22)24(34)16-31(23,32)4/h12-14,18-19,22-24,26-27,29,34H,5-11,15-17H2,1-4H3/t22?,23?,24?,26?,27?,29-,30+,31+,32-/m1/s1. The Bertz CT molecular complexity index is 1100. The Morgan fingerprint density at radius 2 is 1.90 bits per heavy atom. The summed E-state index contributed by atoms with van der Waals surface area (Å²) in [5.41, 5.74) is -1.19. The van der Waals surface area contributed by atoms with Gasteiger partial charge in [0.05, 0.1) is 18.1 Å². The molecule has 214 valence electrons. The number of Topliss-reactive ketones (excluding diaryl/α,β-unsaturated/α-hetero) is 1. The summed E-state index contributed by atoms with van der Waals surface area (Å²) in [5.74, 6) is -0.471. The number of aliphatic hydroxyl groups excluding tert-OH is 1. The number of hydrogen-bond donors (Lipinski definition) is 1. The molecule has 6 rings (SSSR count).